The lowest BCUT2D eigenvalue weighted by molar-refractivity contribution is 0.336. The highest BCUT2D eigenvalue weighted by molar-refractivity contribution is 4.70. The number of rotatable bonds is 1. The van der Waals surface area contributed by atoms with Gasteiger partial charge in [-0.1, -0.05) is 32.1 Å². The average Bonchev–Trinajstić information content (AvgIpc) is 1.84. The summed E-state index contributed by atoms with van der Waals surface area (Å²) in [6.45, 7) is 2.16. The van der Waals surface area contributed by atoms with E-state index in [2.05, 4.69) is 6.92 Å². The average molecular weight is 155 g/mol. The van der Waals surface area contributed by atoms with Crippen LogP contribution in [0.2, 0.25) is 0 Å². The van der Waals surface area contributed by atoms with E-state index < -0.39 is 0 Å². The van der Waals surface area contributed by atoms with Gasteiger partial charge in [0.15, 0.2) is 0 Å². The minimum atomic E-state index is 0.424. The summed E-state index contributed by atoms with van der Waals surface area (Å²) in [4.78, 5) is 0. The van der Waals surface area contributed by atoms with E-state index in [9.17, 15) is 0 Å². The summed E-state index contributed by atoms with van der Waals surface area (Å²) in [6.07, 6.45) is 9.88. The molecule has 66 valence electrons. The largest absolute Gasteiger partial charge is 0.328 e. The third-order valence-corrected chi connectivity index (χ3v) is 2.89. The lowest BCUT2D eigenvalue weighted by Crippen LogP contribution is -2.27. The quantitative estimate of drug-likeness (QED) is 0.619. The first-order valence-electron chi connectivity index (χ1n) is 5.06. The molecule has 0 aromatic carbocycles. The summed E-state index contributed by atoms with van der Waals surface area (Å²) < 4.78 is 0. The van der Waals surface area contributed by atoms with Gasteiger partial charge in [0.25, 0.3) is 0 Å². The standard InChI is InChI=1S/C10H21N/c1-9(11)10-7-5-3-2-4-6-8-10/h9-10H,2-8,11H2,1H3/t9-/m1/s1. The molecule has 1 nitrogen and oxygen atoms in total. The highest BCUT2D eigenvalue weighted by atomic mass is 14.6. The Labute approximate surface area is 70.4 Å². The van der Waals surface area contributed by atoms with Crippen LogP contribution >= 0.6 is 0 Å². The van der Waals surface area contributed by atoms with Crippen LogP contribution in [0.3, 0.4) is 0 Å². The molecule has 1 heteroatoms. The maximum Gasteiger partial charge on any atom is 0.00387 e. The Morgan fingerprint density at radius 1 is 1.00 bits per heavy atom. The second-order valence-electron chi connectivity index (χ2n) is 3.96. The predicted molar refractivity (Wildman–Crippen MR) is 49.5 cm³/mol. The molecule has 1 fully saturated rings. The second kappa shape index (κ2) is 4.76. The summed E-state index contributed by atoms with van der Waals surface area (Å²) in [5, 5.41) is 0. The monoisotopic (exact) mass is 155 g/mol. The van der Waals surface area contributed by atoms with E-state index in [1.807, 2.05) is 0 Å². The summed E-state index contributed by atoms with van der Waals surface area (Å²) in [5.74, 6) is 0.815. The molecule has 0 spiro atoms. The summed E-state index contributed by atoms with van der Waals surface area (Å²) in [6, 6.07) is 0.424. The molecular formula is C10H21N. The van der Waals surface area contributed by atoms with Crippen molar-refractivity contribution >= 4 is 0 Å². The summed E-state index contributed by atoms with van der Waals surface area (Å²) >= 11 is 0. The zero-order chi connectivity index (χ0) is 8.10. The van der Waals surface area contributed by atoms with Gasteiger partial charge in [0.2, 0.25) is 0 Å². The van der Waals surface area contributed by atoms with Gasteiger partial charge in [0, 0.05) is 6.04 Å². The van der Waals surface area contributed by atoms with Crippen LogP contribution in [0.4, 0.5) is 0 Å². The zero-order valence-electron chi connectivity index (χ0n) is 7.68. The second-order valence-corrected chi connectivity index (χ2v) is 3.96. The third-order valence-electron chi connectivity index (χ3n) is 2.89. The number of nitrogens with two attached hydrogens (primary N) is 1. The molecule has 0 heterocycles. The first-order valence-corrected chi connectivity index (χ1v) is 5.06. The minimum Gasteiger partial charge on any atom is -0.328 e. The molecule has 0 radical (unpaired) electrons. The van der Waals surface area contributed by atoms with Gasteiger partial charge in [-0.3, -0.25) is 0 Å². The lowest BCUT2D eigenvalue weighted by atomic mass is 9.87. The van der Waals surface area contributed by atoms with E-state index in [1.165, 1.54) is 44.9 Å². The maximum atomic E-state index is 5.89. The lowest BCUT2D eigenvalue weighted by Gasteiger charge is -2.22. The Morgan fingerprint density at radius 2 is 1.45 bits per heavy atom. The Bertz CT molecular complexity index is 91.0. The fourth-order valence-electron chi connectivity index (χ4n) is 2.01. The van der Waals surface area contributed by atoms with Crippen molar-refractivity contribution in [3.63, 3.8) is 0 Å². The molecule has 0 aliphatic heterocycles. The molecule has 0 unspecified atom stereocenters. The Balaban J connectivity index is 2.26. The van der Waals surface area contributed by atoms with Gasteiger partial charge >= 0.3 is 0 Å². The predicted octanol–water partition coefficient (Wildman–Crippen LogP) is 2.69. The highest BCUT2D eigenvalue weighted by Crippen LogP contribution is 2.23. The molecule has 0 aromatic heterocycles. The van der Waals surface area contributed by atoms with Crippen LogP contribution in [0.15, 0.2) is 0 Å². The van der Waals surface area contributed by atoms with Crippen LogP contribution < -0.4 is 5.73 Å². The Kier molecular flexibility index (Phi) is 3.92. The van der Waals surface area contributed by atoms with Gasteiger partial charge in [0.1, 0.15) is 0 Å². The molecule has 0 amide bonds. The number of hydrogen-bond donors (Lipinski definition) is 1. The maximum absolute atomic E-state index is 5.89. The van der Waals surface area contributed by atoms with E-state index in [1.54, 1.807) is 0 Å². The Hall–Kier alpha value is -0.0400. The normalized spacial score (nSPS) is 25.6. The van der Waals surface area contributed by atoms with Crippen LogP contribution in [0, 0.1) is 5.92 Å². The molecule has 2 N–H and O–H groups in total. The smallest absolute Gasteiger partial charge is 0.00387 e. The first-order chi connectivity index (χ1) is 5.30. The van der Waals surface area contributed by atoms with Crippen molar-refractivity contribution in [3.8, 4) is 0 Å². The van der Waals surface area contributed by atoms with Gasteiger partial charge < -0.3 is 5.73 Å². The third kappa shape index (κ3) is 3.24. The van der Waals surface area contributed by atoms with Crippen molar-refractivity contribution in [2.75, 3.05) is 0 Å². The molecule has 1 aliphatic carbocycles. The number of hydrogen-bond acceptors (Lipinski definition) is 1. The Morgan fingerprint density at radius 3 is 1.91 bits per heavy atom. The van der Waals surface area contributed by atoms with E-state index in [0.717, 1.165) is 5.92 Å². The van der Waals surface area contributed by atoms with Crippen molar-refractivity contribution in [2.45, 2.75) is 57.9 Å². The van der Waals surface area contributed by atoms with Crippen LogP contribution in [-0.4, -0.2) is 6.04 Å². The van der Waals surface area contributed by atoms with Gasteiger partial charge in [-0.25, -0.2) is 0 Å². The SMILES string of the molecule is C[C@@H](N)C1CCCCCCC1. The van der Waals surface area contributed by atoms with Gasteiger partial charge in [0.05, 0.1) is 0 Å². The topological polar surface area (TPSA) is 26.0 Å². The summed E-state index contributed by atoms with van der Waals surface area (Å²) in [7, 11) is 0. The van der Waals surface area contributed by atoms with Gasteiger partial charge in [-0.2, -0.15) is 0 Å². The molecule has 1 saturated carbocycles. The molecular weight excluding hydrogens is 134 g/mol. The van der Waals surface area contributed by atoms with Crippen LogP contribution in [0.25, 0.3) is 0 Å². The molecule has 0 aromatic rings. The molecule has 0 saturated heterocycles. The van der Waals surface area contributed by atoms with Crippen molar-refractivity contribution in [1.29, 1.82) is 0 Å². The fraction of sp³-hybridized carbons (Fsp3) is 1.00. The van der Waals surface area contributed by atoms with E-state index in [4.69, 9.17) is 5.73 Å². The van der Waals surface area contributed by atoms with Crippen molar-refractivity contribution in [3.05, 3.63) is 0 Å². The molecule has 0 bridgehead atoms. The molecule has 1 atom stereocenters. The highest BCUT2D eigenvalue weighted by Gasteiger charge is 2.14. The van der Waals surface area contributed by atoms with Crippen LogP contribution in [-0.2, 0) is 0 Å². The molecule has 1 rings (SSSR count). The first kappa shape index (κ1) is 9.05. The molecule has 1 aliphatic rings. The van der Waals surface area contributed by atoms with Gasteiger partial charge in [-0.15, -0.1) is 0 Å². The van der Waals surface area contributed by atoms with Crippen molar-refractivity contribution < 1.29 is 0 Å². The minimum absolute atomic E-state index is 0.424. The summed E-state index contributed by atoms with van der Waals surface area (Å²) in [5.41, 5.74) is 5.89. The van der Waals surface area contributed by atoms with E-state index in [-0.39, 0.29) is 0 Å². The van der Waals surface area contributed by atoms with E-state index in [0.29, 0.717) is 6.04 Å². The van der Waals surface area contributed by atoms with E-state index >= 15 is 0 Å². The van der Waals surface area contributed by atoms with Crippen LogP contribution in [0.5, 0.6) is 0 Å². The van der Waals surface area contributed by atoms with Crippen molar-refractivity contribution in [1.82, 2.24) is 0 Å². The zero-order valence-corrected chi connectivity index (χ0v) is 7.68. The van der Waals surface area contributed by atoms with Crippen molar-refractivity contribution in [2.24, 2.45) is 11.7 Å². The fourth-order valence-corrected chi connectivity index (χ4v) is 2.01. The molecule has 11 heavy (non-hydrogen) atoms. The van der Waals surface area contributed by atoms with Crippen LogP contribution in [0.1, 0.15) is 51.9 Å². The van der Waals surface area contributed by atoms with Gasteiger partial charge in [-0.05, 0) is 25.7 Å².